The van der Waals surface area contributed by atoms with Crippen molar-refractivity contribution in [2.24, 2.45) is 5.41 Å². The number of carbonyl (C=O) groups is 2. The fraction of sp³-hybridized carbons (Fsp3) is 0.421. The summed E-state index contributed by atoms with van der Waals surface area (Å²) in [7, 11) is 0. The molecule has 0 aliphatic heterocycles. The highest BCUT2D eigenvalue weighted by Gasteiger charge is 2.66. The van der Waals surface area contributed by atoms with Crippen molar-refractivity contribution >= 4 is 22.8 Å². The summed E-state index contributed by atoms with van der Waals surface area (Å²) in [6.07, 6.45) is 1.74. The average molecular weight is 342 g/mol. The number of aliphatic carboxylic acids is 1. The molecular weight excluding hydrogens is 320 g/mol. The van der Waals surface area contributed by atoms with Crippen molar-refractivity contribution in [3.63, 3.8) is 0 Å². The number of carboxylic acids is 1. The molecule has 2 N–H and O–H groups in total. The standard InChI is InChI=1S/C19H22N2O4/c1-4-25-15-11-19(17(23)24,18(15,2)3)21-16(22)13-7-8-14-12(10-13)6-5-9-20-14/h5-10,15H,4,11H2,1-3H3,(H,21,22)(H,23,24). The molecule has 2 atom stereocenters. The second-order valence-electron chi connectivity index (χ2n) is 6.95. The molecule has 1 aromatic carbocycles. The summed E-state index contributed by atoms with van der Waals surface area (Å²) in [5.41, 5.74) is -0.847. The second-order valence-corrected chi connectivity index (χ2v) is 6.95. The van der Waals surface area contributed by atoms with Gasteiger partial charge in [0, 0.05) is 35.6 Å². The molecule has 3 rings (SSSR count). The number of benzene rings is 1. The molecule has 25 heavy (non-hydrogen) atoms. The van der Waals surface area contributed by atoms with Crippen molar-refractivity contribution in [3.05, 3.63) is 42.1 Å². The monoisotopic (exact) mass is 342 g/mol. The fourth-order valence-corrected chi connectivity index (χ4v) is 3.52. The zero-order chi connectivity index (χ0) is 18.2. The highest BCUT2D eigenvalue weighted by Crippen LogP contribution is 2.51. The summed E-state index contributed by atoms with van der Waals surface area (Å²) in [4.78, 5) is 28.9. The Morgan fingerprint density at radius 2 is 2.12 bits per heavy atom. The SMILES string of the molecule is CCOC1CC(NC(=O)c2ccc3ncccc3c2)(C(=O)O)C1(C)C. The molecule has 0 bridgehead atoms. The third kappa shape index (κ3) is 2.66. The van der Waals surface area contributed by atoms with E-state index in [9.17, 15) is 14.7 Å². The lowest BCUT2D eigenvalue weighted by Crippen LogP contribution is -2.76. The van der Waals surface area contributed by atoms with E-state index in [1.165, 1.54) is 0 Å². The van der Waals surface area contributed by atoms with Gasteiger partial charge in [0.25, 0.3) is 5.91 Å². The second kappa shape index (κ2) is 6.11. The predicted octanol–water partition coefficient (Wildman–Crippen LogP) is 2.62. The van der Waals surface area contributed by atoms with Crippen LogP contribution in [0.2, 0.25) is 0 Å². The lowest BCUT2D eigenvalue weighted by molar-refractivity contribution is -0.190. The van der Waals surface area contributed by atoms with Gasteiger partial charge in [0.15, 0.2) is 0 Å². The molecule has 1 aliphatic carbocycles. The zero-order valence-corrected chi connectivity index (χ0v) is 14.6. The first kappa shape index (κ1) is 17.4. The Morgan fingerprint density at radius 1 is 1.36 bits per heavy atom. The number of nitrogens with one attached hydrogen (secondary N) is 1. The number of carbonyl (C=O) groups excluding carboxylic acids is 1. The van der Waals surface area contributed by atoms with Crippen LogP contribution in [0.1, 0.15) is 37.6 Å². The van der Waals surface area contributed by atoms with Crippen LogP contribution in [0.5, 0.6) is 0 Å². The number of ether oxygens (including phenoxy) is 1. The van der Waals surface area contributed by atoms with Gasteiger partial charge < -0.3 is 15.2 Å². The molecular formula is C19H22N2O4. The molecule has 1 fully saturated rings. The predicted molar refractivity (Wildman–Crippen MR) is 93.4 cm³/mol. The Bertz CT molecular complexity index is 833. The Balaban J connectivity index is 1.87. The van der Waals surface area contributed by atoms with Crippen molar-refractivity contribution in [2.45, 2.75) is 38.8 Å². The van der Waals surface area contributed by atoms with Crippen molar-refractivity contribution in [3.8, 4) is 0 Å². The first-order chi connectivity index (χ1) is 11.8. The minimum atomic E-state index is -1.34. The van der Waals surface area contributed by atoms with E-state index < -0.39 is 22.8 Å². The maximum absolute atomic E-state index is 12.7. The molecule has 6 nitrogen and oxygen atoms in total. The summed E-state index contributed by atoms with van der Waals surface area (Å²) in [6, 6.07) is 8.80. The molecule has 1 aliphatic rings. The van der Waals surface area contributed by atoms with Crippen molar-refractivity contribution in [1.82, 2.24) is 10.3 Å². The van der Waals surface area contributed by atoms with Crippen LogP contribution in [0.4, 0.5) is 0 Å². The van der Waals surface area contributed by atoms with Crippen molar-refractivity contribution in [2.75, 3.05) is 6.61 Å². The van der Waals surface area contributed by atoms with Gasteiger partial charge in [-0.05, 0) is 31.2 Å². The lowest BCUT2D eigenvalue weighted by atomic mass is 9.54. The highest BCUT2D eigenvalue weighted by molar-refractivity contribution is 6.01. The topological polar surface area (TPSA) is 88.5 Å². The molecule has 0 saturated heterocycles. The summed E-state index contributed by atoms with van der Waals surface area (Å²) in [5.74, 6) is -1.44. The lowest BCUT2D eigenvalue weighted by Gasteiger charge is -2.58. The number of nitrogens with zero attached hydrogens (tertiary/aromatic N) is 1. The minimum Gasteiger partial charge on any atom is -0.479 e. The van der Waals surface area contributed by atoms with Gasteiger partial charge in [-0.25, -0.2) is 4.79 Å². The molecule has 2 unspecified atom stereocenters. The molecule has 2 aromatic rings. The number of amides is 1. The minimum absolute atomic E-state index is 0.199. The van der Waals surface area contributed by atoms with E-state index in [2.05, 4.69) is 10.3 Å². The Hall–Kier alpha value is -2.47. The van der Waals surface area contributed by atoms with E-state index in [0.717, 1.165) is 10.9 Å². The number of carboxylic acid groups (broad SMARTS) is 1. The first-order valence-electron chi connectivity index (χ1n) is 8.34. The van der Waals surface area contributed by atoms with Gasteiger partial charge in [-0.2, -0.15) is 0 Å². The molecule has 0 radical (unpaired) electrons. The van der Waals surface area contributed by atoms with Crippen LogP contribution < -0.4 is 5.32 Å². The Labute approximate surface area is 146 Å². The number of pyridine rings is 1. The Morgan fingerprint density at radius 3 is 2.76 bits per heavy atom. The van der Waals surface area contributed by atoms with Crippen LogP contribution in [0, 0.1) is 5.41 Å². The van der Waals surface area contributed by atoms with E-state index in [0.29, 0.717) is 12.2 Å². The van der Waals surface area contributed by atoms with Crippen LogP contribution in [-0.2, 0) is 9.53 Å². The first-order valence-corrected chi connectivity index (χ1v) is 8.34. The van der Waals surface area contributed by atoms with Gasteiger partial charge in [0.05, 0.1) is 11.6 Å². The number of hydrogen-bond acceptors (Lipinski definition) is 4. The van der Waals surface area contributed by atoms with Crippen molar-refractivity contribution in [1.29, 1.82) is 0 Å². The largest absolute Gasteiger partial charge is 0.479 e. The molecule has 6 heteroatoms. The summed E-state index contributed by atoms with van der Waals surface area (Å²) in [6.45, 7) is 6.01. The van der Waals surface area contributed by atoms with E-state index >= 15 is 0 Å². The third-order valence-corrected chi connectivity index (χ3v) is 5.32. The smallest absolute Gasteiger partial charge is 0.330 e. The quantitative estimate of drug-likeness (QED) is 0.872. The van der Waals surface area contributed by atoms with Crippen LogP contribution in [0.3, 0.4) is 0 Å². The third-order valence-electron chi connectivity index (χ3n) is 5.32. The van der Waals surface area contributed by atoms with Crippen LogP contribution in [-0.4, -0.2) is 40.2 Å². The number of rotatable bonds is 5. The van der Waals surface area contributed by atoms with Crippen LogP contribution in [0.15, 0.2) is 36.5 Å². The van der Waals surface area contributed by atoms with E-state index in [1.807, 2.05) is 26.8 Å². The Kier molecular flexibility index (Phi) is 4.24. The molecule has 0 spiro atoms. The van der Waals surface area contributed by atoms with Gasteiger partial charge in [0.2, 0.25) is 0 Å². The van der Waals surface area contributed by atoms with Crippen molar-refractivity contribution < 1.29 is 19.4 Å². The maximum atomic E-state index is 12.7. The van der Waals surface area contributed by atoms with Gasteiger partial charge >= 0.3 is 5.97 Å². The van der Waals surface area contributed by atoms with Crippen LogP contribution in [0.25, 0.3) is 10.9 Å². The number of fused-ring (bicyclic) bond motifs is 1. The molecule has 1 saturated carbocycles. The van der Waals surface area contributed by atoms with E-state index in [-0.39, 0.29) is 12.5 Å². The highest BCUT2D eigenvalue weighted by atomic mass is 16.5. The van der Waals surface area contributed by atoms with E-state index in [1.54, 1.807) is 30.5 Å². The summed E-state index contributed by atoms with van der Waals surface area (Å²) >= 11 is 0. The zero-order valence-electron chi connectivity index (χ0n) is 14.6. The van der Waals surface area contributed by atoms with Gasteiger partial charge in [-0.15, -0.1) is 0 Å². The average Bonchev–Trinajstić information content (AvgIpc) is 2.59. The molecule has 1 amide bonds. The maximum Gasteiger partial charge on any atom is 0.330 e. The normalized spacial score (nSPS) is 24.5. The van der Waals surface area contributed by atoms with Crippen LogP contribution >= 0.6 is 0 Å². The molecule has 1 heterocycles. The molecule has 1 aromatic heterocycles. The van der Waals surface area contributed by atoms with Gasteiger partial charge in [-0.3, -0.25) is 9.78 Å². The number of hydrogen-bond donors (Lipinski definition) is 2. The molecule has 132 valence electrons. The number of aromatic nitrogens is 1. The van der Waals surface area contributed by atoms with Gasteiger partial charge in [-0.1, -0.05) is 19.9 Å². The van der Waals surface area contributed by atoms with Gasteiger partial charge in [0.1, 0.15) is 5.54 Å². The summed E-state index contributed by atoms with van der Waals surface area (Å²) in [5, 5.41) is 13.4. The van der Waals surface area contributed by atoms with E-state index in [4.69, 9.17) is 4.74 Å². The summed E-state index contributed by atoms with van der Waals surface area (Å²) < 4.78 is 5.62. The fourth-order valence-electron chi connectivity index (χ4n) is 3.52.